The first-order chi connectivity index (χ1) is 7.23. The lowest BCUT2D eigenvalue weighted by atomic mass is 9.94. The Morgan fingerprint density at radius 3 is 2.31 bits per heavy atom. The number of carbonyl (C=O) groups is 1. The molecule has 0 spiro atoms. The Labute approximate surface area is 106 Å². The first kappa shape index (κ1) is 13.2. The van der Waals surface area contributed by atoms with Crippen molar-refractivity contribution in [3.05, 3.63) is 28.2 Å². The van der Waals surface area contributed by atoms with E-state index in [0.717, 1.165) is 10.2 Å². The van der Waals surface area contributed by atoms with Gasteiger partial charge in [-0.1, -0.05) is 26.8 Å². The zero-order valence-corrected chi connectivity index (χ0v) is 12.1. The predicted molar refractivity (Wildman–Crippen MR) is 71.7 cm³/mol. The largest absolute Gasteiger partial charge is 0.314 e. The summed E-state index contributed by atoms with van der Waals surface area (Å²) in [5, 5.41) is 0. The maximum Gasteiger partial charge on any atom is 0.232 e. The zero-order valence-electron chi connectivity index (χ0n) is 10.5. The SMILES string of the molecule is Cc1ccc(N(C)C(=O)C(C)(C)C)c(Br)c1. The van der Waals surface area contributed by atoms with Crippen molar-refractivity contribution in [2.75, 3.05) is 11.9 Å². The maximum absolute atomic E-state index is 12.1. The molecule has 0 atom stereocenters. The van der Waals surface area contributed by atoms with Gasteiger partial charge in [0.05, 0.1) is 5.69 Å². The molecule has 0 bridgehead atoms. The Hall–Kier alpha value is -0.830. The number of nitrogens with zero attached hydrogens (tertiary/aromatic N) is 1. The summed E-state index contributed by atoms with van der Waals surface area (Å²) in [6, 6.07) is 5.98. The van der Waals surface area contributed by atoms with Gasteiger partial charge in [-0.3, -0.25) is 4.79 Å². The van der Waals surface area contributed by atoms with Gasteiger partial charge in [-0.05, 0) is 40.5 Å². The van der Waals surface area contributed by atoms with E-state index in [2.05, 4.69) is 15.9 Å². The van der Waals surface area contributed by atoms with Crippen LogP contribution < -0.4 is 4.90 Å². The molecular formula is C13H18BrNO. The second-order valence-electron chi connectivity index (χ2n) is 5.07. The van der Waals surface area contributed by atoms with E-state index in [4.69, 9.17) is 0 Å². The van der Waals surface area contributed by atoms with Crippen molar-refractivity contribution in [1.82, 2.24) is 0 Å². The van der Waals surface area contributed by atoms with Crippen molar-refractivity contribution < 1.29 is 4.79 Å². The van der Waals surface area contributed by atoms with E-state index < -0.39 is 0 Å². The topological polar surface area (TPSA) is 20.3 Å². The van der Waals surface area contributed by atoms with Crippen LogP contribution in [0.5, 0.6) is 0 Å². The molecule has 0 saturated heterocycles. The zero-order chi connectivity index (χ0) is 12.5. The van der Waals surface area contributed by atoms with Crippen LogP contribution in [0, 0.1) is 12.3 Å². The van der Waals surface area contributed by atoms with Gasteiger partial charge < -0.3 is 4.90 Å². The molecule has 0 aromatic heterocycles. The summed E-state index contributed by atoms with van der Waals surface area (Å²) in [7, 11) is 1.81. The molecule has 0 N–H and O–H groups in total. The standard InChI is InChI=1S/C13H18BrNO/c1-9-6-7-11(10(14)8-9)15(5)12(16)13(2,3)4/h6-8H,1-5H3. The molecule has 2 nitrogen and oxygen atoms in total. The first-order valence-corrected chi connectivity index (χ1v) is 6.07. The molecule has 1 aromatic rings. The molecule has 88 valence electrons. The number of amides is 1. The lowest BCUT2D eigenvalue weighted by Gasteiger charge is -2.26. The minimum absolute atomic E-state index is 0.108. The van der Waals surface area contributed by atoms with Crippen LogP contribution >= 0.6 is 15.9 Å². The third-order valence-electron chi connectivity index (χ3n) is 2.41. The second kappa shape index (κ2) is 4.58. The van der Waals surface area contributed by atoms with E-state index in [-0.39, 0.29) is 11.3 Å². The average Bonchev–Trinajstić information content (AvgIpc) is 2.14. The summed E-state index contributed by atoms with van der Waals surface area (Å²) in [5.41, 5.74) is 1.72. The minimum Gasteiger partial charge on any atom is -0.314 e. The fourth-order valence-electron chi connectivity index (χ4n) is 1.50. The van der Waals surface area contributed by atoms with Crippen molar-refractivity contribution in [2.45, 2.75) is 27.7 Å². The van der Waals surface area contributed by atoms with Gasteiger partial charge >= 0.3 is 0 Å². The molecule has 0 fully saturated rings. The smallest absolute Gasteiger partial charge is 0.232 e. The molecule has 0 radical (unpaired) electrons. The average molecular weight is 284 g/mol. The summed E-state index contributed by atoms with van der Waals surface area (Å²) in [4.78, 5) is 13.8. The van der Waals surface area contributed by atoms with Gasteiger partial charge in [-0.15, -0.1) is 0 Å². The van der Waals surface area contributed by atoms with Crippen molar-refractivity contribution >= 4 is 27.5 Å². The Morgan fingerprint density at radius 1 is 1.31 bits per heavy atom. The lowest BCUT2D eigenvalue weighted by molar-refractivity contribution is -0.125. The molecule has 0 aliphatic carbocycles. The third kappa shape index (κ3) is 2.85. The number of hydrogen-bond donors (Lipinski definition) is 0. The van der Waals surface area contributed by atoms with E-state index in [1.165, 1.54) is 5.56 Å². The quantitative estimate of drug-likeness (QED) is 0.768. The molecule has 0 heterocycles. The van der Waals surface area contributed by atoms with Gasteiger partial charge in [-0.25, -0.2) is 0 Å². The summed E-state index contributed by atoms with van der Waals surface area (Å²) in [6.45, 7) is 7.80. The molecule has 16 heavy (non-hydrogen) atoms. The number of anilines is 1. The summed E-state index contributed by atoms with van der Waals surface area (Å²) in [5.74, 6) is 0.108. The van der Waals surface area contributed by atoms with Crippen LogP contribution in [-0.4, -0.2) is 13.0 Å². The van der Waals surface area contributed by atoms with Crippen molar-refractivity contribution in [2.24, 2.45) is 5.41 Å². The fraction of sp³-hybridized carbons (Fsp3) is 0.462. The molecule has 0 aliphatic heterocycles. The predicted octanol–water partition coefficient (Wildman–Crippen LogP) is 3.77. The molecule has 0 saturated carbocycles. The van der Waals surface area contributed by atoms with Gasteiger partial charge in [0.2, 0.25) is 5.91 Å². The highest BCUT2D eigenvalue weighted by Gasteiger charge is 2.26. The van der Waals surface area contributed by atoms with Crippen molar-refractivity contribution in [1.29, 1.82) is 0 Å². The highest BCUT2D eigenvalue weighted by molar-refractivity contribution is 9.10. The Morgan fingerprint density at radius 2 is 1.88 bits per heavy atom. The van der Waals surface area contributed by atoms with E-state index in [0.29, 0.717) is 0 Å². The summed E-state index contributed by atoms with van der Waals surface area (Å²) in [6.07, 6.45) is 0. The molecule has 1 rings (SSSR count). The van der Waals surface area contributed by atoms with E-state index in [1.54, 1.807) is 4.90 Å². The van der Waals surface area contributed by atoms with Gasteiger partial charge in [0.15, 0.2) is 0 Å². The highest BCUT2D eigenvalue weighted by Crippen LogP contribution is 2.29. The second-order valence-corrected chi connectivity index (χ2v) is 5.92. The number of halogens is 1. The number of aryl methyl sites for hydroxylation is 1. The van der Waals surface area contributed by atoms with E-state index in [9.17, 15) is 4.79 Å². The van der Waals surface area contributed by atoms with E-state index in [1.807, 2.05) is 52.9 Å². The fourth-order valence-corrected chi connectivity index (χ4v) is 2.26. The third-order valence-corrected chi connectivity index (χ3v) is 3.05. The Balaban J connectivity index is 3.06. The van der Waals surface area contributed by atoms with Gasteiger partial charge in [0, 0.05) is 16.9 Å². The molecule has 0 aliphatic rings. The van der Waals surface area contributed by atoms with Crippen LogP contribution in [0.15, 0.2) is 22.7 Å². The lowest BCUT2D eigenvalue weighted by Crippen LogP contribution is -2.36. The van der Waals surface area contributed by atoms with Gasteiger partial charge in [0.25, 0.3) is 0 Å². The van der Waals surface area contributed by atoms with Crippen LogP contribution in [0.1, 0.15) is 26.3 Å². The maximum atomic E-state index is 12.1. The summed E-state index contributed by atoms with van der Waals surface area (Å²) < 4.78 is 0.951. The number of hydrogen-bond acceptors (Lipinski definition) is 1. The van der Waals surface area contributed by atoms with Crippen LogP contribution in [0.25, 0.3) is 0 Å². The van der Waals surface area contributed by atoms with Gasteiger partial charge in [-0.2, -0.15) is 0 Å². The number of benzene rings is 1. The Kier molecular flexibility index (Phi) is 3.79. The Bertz CT molecular complexity index is 407. The van der Waals surface area contributed by atoms with Crippen LogP contribution in [-0.2, 0) is 4.79 Å². The highest BCUT2D eigenvalue weighted by atomic mass is 79.9. The number of rotatable bonds is 1. The van der Waals surface area contributed by atoms with Crippen LogP contribution in [0.3, 0.4) is 0 Å². The molecule has 3 heteroatoms. The van der Waals surface area contributed by atoms with Crippen molar-refractivity contribution in [3.8, 4) is 0 Å². The molecule has 0 unspecified atom stereocenters. The minimum atomic E-state index is -0.362. The van der Waals surface area contributed by atoms with E-state index >= 15 is 0 Å². The van der Waals surface area contributed by atoms with Crippen molar-refractivity contribution in [3.63, 3.8) is 0 Å². The summed E-state index contributed by atoms with van der Waals surface area (Å²) >= 11 is 3.49. The first-order valence-electron chi connectivity index (χ1n) is 5.28. The number of carbonyl (C=O) groups excluding carboxylic acids is 1. The van der Waals surface area contributed by atoms with Gasteiger partial charge in [0.1, 0.15) is 0 Å². The molecule has 1 amide bonds. The molecule has 1 aromatic carbocycles. The van der Waals surface area contributed by atoms with Crippen LogP contribution in [0.4, 0.5) is 5.69 Å². The monoisotopic (exact) mass is 283 g/mol. The molecular weight excluding hydrogens is 266 g/mol. The van der Waals surface area contributed by atoms with Crippen LogP contribution in [0.2, 0.25) is 0 Å². The normalized spacial score (nSPS) is 11.4.